The predicted octanol–water partition coefficient (Wildman–Crippen LogP) is 3.63. The van der Waals surface area contributed by atoms with Gasteiger partial charge in [-0.3, -0.25) is 9.59 Å². The molecule has 0 bridgehead atoms. The number of carbonyl (C=O) groups excluding carboxylic acids is 3. The number of amides is 2. The quantitative estimate of drug-likeness (QED) is 0.271. The number of aromatic nitrogens is 3. The van der Waals surface area contributed by atoms with Gasteiger partial charge in [0.15, 0.2) is 17.6 Å². The van der Waals surface area contributed by atoms with Crippen LogP contribution in [0.4, 0.5) is 5.69 Å². The van der Waals surface area contributed by atoms with Crippen molar-refractivity contribution in [1.29, 1.82) is 0 Å². The number of benzene rings is 2. The molecular weight excluding hydrogens is 494 g/mol. The standard InChI is InChI=1S/C26H31N5O5S/c1-5-31-22(14-27-23(32)15-36-21-12-8-18(9-13-21)17(2)3)29-30-26(31)37-16-24(33)28-20-10-6-19(7-11-20)25(34)35-4/h6-13,17H,5,14-16H2,1-4H3,(H,27,32)(H,28,33). The normalized spacial score (nSPS) is 10.7. The van der Waals surface area contributed by atoms with E-state index in [1.54, 1.807) is 24.3 Å². The molecule has 3 aromatic rings. The summed E-state index contributed by atoms with van der Waals surface area (Å²) in [5, 5.41) is 14.5. The molecule has 0 fully saturated rings. The number of ether oxygens (including phenoxy) is 2. The van der Waals surface area contributed by atoms with Crippen LogP contribution >= 0.6 is 11.8 Å². The van der Waals surface area contributed by atoms with E-state index in [1.165, 1.54) is 24.4 Å². The minimum atomic E-state index is -0.441. The van der Waals surface area contributed by atoms with Gasteiger partial charge in [-0.1, -0.05) is 37.7 Å². The van der Waals surface area contributed by atoms with Gasteiger partial charge < -0.3 is 24.7 Å². The summed E-state index contributed by atoms with van der Waals surface area (Å²) in [7, 11) is 1.31. The van der Waals surface area contributed by atoms with Crippen LogP contribution in [0.1, 0.15) is 48.4 Å². The Labute approximate surface area is 220 Å². The van der Waals surface area contributed by atoms with Crippen LogP contribution in [0.15, 0.2) is 53.7 Å². The van der Waals surface area contributed by atoms with Gasteiger partial charge in [-0.05, 0) is 54.8 Å². The second-order valence-electron chi connectivity index (χ2n) is 8.34. The van der Waals surface area contributed by atoms with Gasteiger partial charge in [-0.15, -0.1) is 10.2 Å². The van der Waals surface area contributed by atoms with Crippen molar-refractivity contribution in [3.63, 3.8) is 0 Å². The minimum Gasteiger partial charge on any atom is -0.484 e. The summed E-state index contributed by atoms with van der Waals surface area (Å²) in [5.74, 6) is 0.819. The minimum absolute atomic E-state index is 0.107. The van der Waals surface area contributed by atoms with Crippen LogP contribution in [-0.4, -0.2) is 52.0 Å². The number of methoxy groups -OCH3 is 1. The van der Waals surface area contributed by atoms with Crippen molar-refractivity contribution in [2.75, 3.05) is 24.8 Å². The van der Waals surface area contributed by atoms with Gasteiger partial charge in [0, 0.05) is 12.2 Å². The lowest BCUT2D eigenvalue weighted by Crippen LogP contribution is -2.29. The zero-order valence-corrected chi connectivity index (χ0v) is 22.1. The third-order valence-corrected chi connectivity index (χ3v) is 6.36. The van der Waals surface area contributed by atoms with E-state index in [2.05, 4.69) is 39.4 Å². The third-order valence-electron chi connectivity index (χ3n) is 5.39. The van der Waals surface area contributed by atoms with Gasteiger partial charge in [-0.2, -0.15) is 0 Å². The van der Waals surface area contributed by atoms with Crippen LogP contribution in [0.2, 0.25) is 0 Å². The Morgan fingerprint density at radius 1 is 1.00 bits per heavy atom. The lowest BCUT2D eigenvalue weighted by atomic mass is 10.0. The predicted molar refractivity (Wildman–Crippen MR) is 141 cm³/mol. The summed E-state index contributed by atoms with van der Waals surface area (Å²) in [6, 6.07) is 14.1. The average Bonchev–Trinajstić information content (AvgIpc) is 3.31. The molecule has 11 heteroatoms. The zero-order valence-electron chi connectivity index (χ0n) is 21.3. The number of hydrogen-bond acceptors (Lipinski definition) is 8. The highest BCUT2D eigenvalue weighted by Gasteiger charge is 2.15. The molecule has 10 nitrogen and oxygen atoms in total. The maximum atomic E-state index is 12.4. The molecule has 2 N–H and O–H groups in total. The van der Waals surface area contributed by atoms with Crippen LogP contribution in [0.5, 0.6) is 5.75 Å². The monoisotopic (exact) mass is 525 g/mol. The Bertz CT molecular complexity index is 1210. The second kappa shape index (κ2) is 13.4. The Morgan fingerprint density at radius 2 is 1.70 bits per heavy atom. The molecule has 0 atom stereocenters. The number of nitrogens with one attached hydrogen (secondary N) is 2. The highest BCUT2D eigenvalue weighted by molar-refractivity contribution is 7.99. The lowest BCUT2D eigenvalue weighted by molar-refractivity contribution is -0.123. The second-order valence-corrected chi connectivity index (χ2v) is 9.28. The van der Waals surface area contributed by atoms with E-state index in [-0.39, 0.29) is 30.7 Å². The SMILES string of the molecule is CCn1c(CNC(=O)COc2ccc(C(C)C)cc2)nnc1SCC(=O)Nc1ccc(C(=O)OC)cc1. The molecule has 0 saturated carbocycles. The molecule has 0 aliphatic carbocycles. The van der Waals surface area contributed by atoms with Gasteiger partial charge >= 0.3 is 5.97 Å². The van der Waals surface area contributed by atoms with Crippen molar-refractivity contribution in [2.24, 2.45) is 0 Å². The first-order chi connectivity index (χ1) is 17.8. The van der Waals surface area contributed by atoms with E-state index in [9.17, 15) is 14.4 Å². The van der Waals surface area contributed by atoms with E-state index in [0.717, 1.165) is 0 Å². The van der Waals surface area contributed by atoms with Crippen molar-refractivity contribution >= 4 is 35.2 Å². The van der Waals surface area contributed by atoms with E-state index in [4.69, 9.17) is 4.74 Å². The summed E-state index contributed by atoms with van der Waals surface area (Å²) in [4.78, 5) is 36.1. The van der Waals surface area contributed by atoms with Crippen LogP contribution in [0, 0.1) is 0 Å². The Morgan fingerprint density at radius 3 is 2.32 bits per heavy atom. The molecule has 0 aliphatic heterocycles. The molecule has 3 rings (SSSR count). The van der Waals surface area contributed by atoms with E-state index >= 15 is 0 Å². The molecule has 0 saturated heterocycles. The number of nitrogens with zero attached hydrogens (tertiary/aromatic N) is 3. The highest BCUT2D eigenvalue weighted by atomic mass is 32.2. The molecule has 196 valence electrons. The molecule has 2 amide bonds. The lowest BCUT2D eigenvalue weighted by Gasteiger charge is -2.10. The van der Waals surface area contributed by atoms with Crippen molar-refractivity contribution < 1.29 is 23.9 Å². The first-order valence-electron chi connectivity index (χ1n) is 11.8. The third kappa shape index (κ3) is 8.07. The average molecular weight is 526 g/mol. The van der Waals surface area contributed by atoms with Gasteiger partial charge in [0.2, 0.25) is 5.91 Å². The molecule has 1 aromatic heterocycles. The molecule has 0 spiro atoms. The first-order valence-corrected chi connectivity index (χ1v) is 12.8. The highest BCUT2D eigenvalue weighted by Crippen LogP contribution is 2.19. The summed E-state index contributed by atoms with van der Waals surface area (Å²) < 4.78 is 12.1. The maximum absolute atomic E-state index is 12.4. The summed E-state index contributed by atoms with van der Waals surface area (Å²) in [6.07, 6.45) is 0. The number of esters is 1. The molecule has 37 heavy (non-hydrogen) atoms. The Hall–Kier alpha value is -3.86. The molecular formula is C26H31N5O5S. The fourth-order valence-corrected chi connectivity index (χ4v) is 4.16. The topological polar surface area (TPSA) is 124 Å². The number of anilines is 1. The van der Waals surface area contributed by atoms with E-state index in [0.29, 0.717) is 40.4 Å². The first kappa shape index (κ1) is 27.7. The van der Waals surface area contributed by atoms with E-state index < -0.39 is 5.97 Å². The largest absolute Gasteiger partial charge is 0.484 e. The van der Waals surface area contributed by atoms with Crippen molar-refractivity contribution in [2.45, 2.75) is 44.9 Å². The number of thioether (sulfide) groups is 1. The summed E-state index contributed by atoms with van der Waals surface area (Å²) >= 11 is 1.24. The summed E-state index contributed by atoms with van der Waals surface area (Å²) in [6.45, 7) is 6.83. The van der Waals surface area contributed by atoms with Crippen molar-refractivity contribution in [3.8, 4) is 5.75 Å². The van der Waals surface area contributed by atoms with E-state index in [1.807, 2.05) is 35.8 Å². The van der Waals surface area contributed by atoms with Gasteiger partial charge in [0.05, 0.1) is 25.0 Å². The molecule has 0 radical (unpaired) electrons. The smallest absolute Gasteiger partial charge is 0.337 e. The Balaban J connectivity index is 1.46. The van der Waals surface area contributed by atoms with Gasteiger partial charge in [0.25, 0.3) is 5.91 Å². The molecule has 0 unspecified atom stereocenters. The molecule has 0 aliphatic rings. The summed E-state index contributed by atoms with van der Waals surface area (Å²) in [5.41, 5.74) is 2.17. The number of hydrogen-bond donors (Lipinski definition) is 2. The van der Waals surface area contributed by atoms with Gasteiger partial charge in [0.1, 0.15) is 5.75 Å². The zero-order chi connectivity index (χ0) is 26.8. The van der Waals surface area contributed by atoms with Crippen LogP contribution in [-0.2, 0) is 27.4 Å². The van der Waals surface area contributed by atoms with Crippen molar-refractivity contribution in [3.05, 3.63) is 65.5 Å². The van der Waals surface area contributed by atoms with Crippen LogP contribution in [0.25, 0.3) is 0 Å². The maximum Gasteiger partial charge on any atom is 0.337 e. The molecule has 2 aromatic carbocycles. The number of rotatable bonds is 12. The number of carbonyl (C=O) groups is 3. The van der Waals surface area contributed by atoms with Crippen molar-refractivity contribution in [1.82, 2.24) is 20.1 Å². The van der Waals surface area contributed by atoms with Crippen LogP contribution < -0.4 is 15.4 Å². The van der Waals surface area contributed by atoms with Gasteiger partial charge in [-0.25, -0.2) is 4.79 Å². The molecule has 1 heterocycles. The Kier molecular flexibility index (Phi) is 10.1. The van der Waals surface area contributed by atoms with Crippen LogP contribution in [0.3, 0.4) is 0 Å². The fourth-order valence-electron chi connectivity index (χ4n) is 3.34. The fraction of sp³-hybridized carbons (Fsp3) is 0.346.